The molecule has 0 bridgehead atoms. The van der Waals surface area contributed by atoms with Crippen LogP contribution in [0.1, 0.15) is 12.8 Å². The van der Waals surface area contributed by atoms with Gasteiger partial charge in [0, 0.05) is 26.7 Å². The maximum absolute atomic E-state index is 12.1. The fourth-order valence-corrected chi connectivity index (χ4v) is 1.63. The number of aliphatic carboxylic acids is 1. The van der Waals surface area contributed by atoms with Gasteiger partial charge in [0.1, 0.15) is 13.1 Å². The maximum Gasteiger partial charge on any atom is 0.323 e. The van der Waals surface area contributed by atoms with Crippen LogP contribution in [0.3, 0.4) is 0 Å². The molecule has 0 aromatic heterocycles. The van der Waals surface area contributed by atoms with Gasteiger partial charge < -0.3 is 25.0 Å². The molecule has 0 aromatic carbocycles. The second-order valence-corrected chi connectivity index (χ2v) is 4.79. The summed E-state index contributed by atoms with van der Waals surface area (Å²) in [5, 5.41) is 11.6. The molecule has 114 valence electrons. The Kier molecular flexibility index (Phi) is 6.23. The van der Waals surface area contributed by atoms with Crippen LogP contribution in [0.5, 0.6) is 0 Å². The Balaban J connectivity index is 2.47. The van der Waals surface area contributed by atoms with Crippen LogP contribution in [0.15, 0.2) is 0 Å². The number of urea groups is 1. The van der Waals surface area contributed by atoms with Gasteiger partial charge in [0.15, 0.2) is 0 Å². The Morgan fingerprint density at radius 2 is 1.95 bits per heavy atom. The quantitative estimate of drug-likeness (QED) is 0.618. The van der Waals surface area contributed by atoms with E-state index in [0.717, 1.165) is 17.7 Å². The van der Waals surface area contributed by atoms with Gasteiger partial charge in [-0.1, -0.05) is 0 Å². The van der Waals surface area contributed by atoms with Crippen molar-refractivity contribution < 1.29 is 24.2 Å². The Morgan fingerprint density at radius 3 is 2.45 bits per heavy atom. The van der Waals surface area contributed by atoms with E-state index >= 15 is 0 Å². The lowest BCUT2D eigenvalue weighted by atomic mass is 10.4. The molecule has 8 heteroatoms. The number of nitrogens with one attached hydrogen (secondary N) is 1. The van der Waals surface area contributed by atoms with Crippen LogP contribution in [0.4, 0.5) is 4.79 Å². The third kappa shape index (κ3) is 5.87. The number of nitrogens with zero attached hydrogens (tertiary/aromatic N) is 2. The first-order valence-corrected chi connectivity index (χ1v) is 6.44. The monoisotopic (exact) mass is 287 g/mol. The summed E-state index contributed by atoms with van der Waals surface area (Å²) in [4.78, 5) is 36.8. The summed E-state index contributed by atoms with van der Waals surface area (Å²) < 4.78 is 4.84. The van der Waals surface area contributed by atoms with Crippen LogP contribution in [0, 0.1) is 0 Å². The molecule has 0 aromatic rings. The number of carboxylic acids is 1. The summed E-state index contributed by atoms with van der Waals surface area (Å²) in [6.45, 7) is -0.105. The topological polar surface area (TPSA) is 99.2 Å². The first-order chi connectivity index (χ1) is 9.43. The van der Waals surface area contributed by atoms with Crippen LogP contribution < -0.4 is 5.32 Å². The van der Waals surface area contributed by atoms with Gasteiger partial charge in [0.25, 0.3) is 0 Å². The lowest BCUT2D eigenvalue weighted by Gasteiger charge is -2.26. The van der Waals surface area contributed by atoms with Crippen molar-refractivity contribution in [2.24, 2.45) is 0 Å². The zero-order chi connectivity index (χ0) is 15.1. The number of likely N-dealkylation sites (N-methyl/N-ethyl adjacent to an activating group) is 1. The molecule has 0 spiro atoms. The average molecular weight is 287 g/mol. The highest BCUT2D eigenvalue weighted by molar-refractivity contribution is 5.85. The first kappa shape index (κ1) is 16.2. The van der Waals surface area contributed by atoms with E-state index in [9.17, 15) is 14.4 Å². The minimum atomic E-state index is -1.11. The number of amides is 3. The summed E-state index contributed by atoms with van der Waals surface area (Å²) in [5.74, 6) is -1.34. The fraction of sp³-hybridized carbons (Fsp3) is 0.750. The van der Waals surface area contributed by atoms with Crippen molar-refractivity contribution in [1.29, 1.82) is 0 Å². The third-order valence-electron chi connectivity index (χ3n) is 2.81. The normalized spacial score (nSPS) is 13.7. The highest BCUT2D eigenvalue weighted by atomic mass is 16.5. The first-order valence-electron chi connectivity index (χ1n) is 6.44. The van der Waals surface area contributed by atoms with Gasteiger partial charge >= 0.3 is 12.0 Å². The van der Waals surface area contributed by atoms with Crippen LogP contribution in [0.2, 0.25) is 0 Å². The molecule has 0 radical (unpaired) electrons. The summed E-state index contributed by atoms with van der Waals surface area (Å²) in [5.41, 5.74) is 0. The number of ether oxygens (including phenoxy) is 1. The Labute approximate surface area is 117 Å². The molecule has 0 aliphatic heterocycles. The molecular formula is C12H21N3O5. The minimum Gasteiger partial charge on any atom is -0.480 e. The Hall–Kier alpha value is -1.83. The van der Waals surface area contributed by atoms with Crippen LogP contribution >= 0.6 is 0 Å². The van der Waals surface area contributed by atoms with Crippen LogP contribution in [0.25, 0.3) is 0 Å². The zero-order valence-electron chi connectivity index (χ0n) is 11.8. The lowest BCUT2D eigenvalue weighted by molar-refractivity contribution is -0.137. The molecule has 8 nitrogen and oxygen atoms in total. The van der Waals surface area contributed by atoms with Crippen molar-refractivity contribution in [1.82, 2.24) is 15.1 Å². The van der Waals surface area contributed by atoms with E-state index in [4.69, 9.17) is 9.84 Å². The number of hydrogen-bond acceptors (Lipinski definition) is 4. The number of methoxy groups -OCH3 is 1. The standard InChI is InChI=1S/C12H21N3O5/c1-14(7-10(16)13-9-3-4-9)12(19)15(5-6-20-2)8-11(17)18/h9H,3-8H2,1-2H3,(H,13,16)(H,17,18). The zero-order valence-corrected chi connectivity index (χ0v) is 11.8. The van der Waals surface area contributed by atoms with Gasteiger partial charge in [-0.05, 0) is 12.8 Å². The average Bonchev–Trinajstić information content (AvgIpc) is 3.16. The van der Waals surface area contributed by atoms with E-state index < -0.39 is 18.5 Å². The highest BCUT2D eigenvalue weighted by Gasteiger charge is 2.26. The van der Waals surface area contributed by atoms with Crippen LogP contribution in [-0.4, -0.2) is 79.3 Å². The van der Waals surface area contributed by atoms with E-state index in [-0.39, 0.29) is 31.6 Å². The molecule has 20 heavy (non-hydrogen) atoms. The molecule has 0 saturated heterocycles. The number of rotatable bonds is 8. The number of carbonyl (C=O) groups excluding carboxylic acids is 2. The van der Waals surface area contributed by atoms with Crippen molar-refractivity contribution in [2.45, 2.75) is 18.9 Å². The van der Waals surface area contributed by atoms with E-state index in [1.54, 1.807) is 0 Å². The molecule has 0 heterocycles. The molecule has 1 rings (SSSR count). The number of hydrogen-bond donors (Lipinski definition) is 2. The second-order valence-electron chi connectivity index (χ2n) is 4.79. The second kappa shape index (κ2) is 7.68. The lowest BCUT2D eigenvalue weighted by Crippen LogP contribution is -2.48. The maximum atomic E-state index is 12.1. The van der Waals surface area contributed by atoms with Gasteiger partial charge in [-0.15, -0.1) is 0 Å². The molecule has 0 atom stereocenters. The predicted octanol–water partition coefficient (Wildman–Crippen LogP) is -0.650. The van der Waals surface area contributed by atoms with Crippen molar-refractivity contribution in [3.63, 3.8) is 0 Å². The summed E-state index contributed by atoms with van der Waals surface area (Å²) >= 11 is 0. The summed E-state index contributed by atoms with van der Waals surface area (Å²) in [6, 6.07) is -0.273. The van der Waals surface area contributed by atoms with Crippen molar-refractivity contribution in [3.05, 3.63) is 0 Å². The van der Waals surface area contributed by atoms with Gasteiger partial charge in [0.05, 0.1) is 6.61 Å². The largest absolute Gasteiger partial charge is 0.480 e. The van der Waals surface area contributed by atoms with E-state index in [2.05, 4.69) is 5.32 Å². The van der Waals surface area contributed by atoms with Gasteiger partial charge in [-0.25, -0.2) is 4.79 Å². The van der Waals surface area contributed by atoms with Gasteiger partial charge in [-0.3, -0.25) is 9.59 Å². The third-order valence-corrected chi connectivity index (χ3v) is 2.81. The highest BCUT2D eigenvalue weighted by Crippen LogP contribution is 2.18. The summed E-state index contributed by atoms with van der Waals surface area (Å²) in [7, 11) is 2.94. The van der Waals surface area contributed by atoms with Gasteiger partial charge in [-0.2, -0.15) is 0 Å². The number of carbonyl (C=O) groups is 3. The van der Waals surface area contributed by atoms with E-state index in [0.29, 0.717) is 0 Å². The predicted molar refractivity (Wildman–Crippen MR) is 70.3 cm³/mol. The van der Waals surface area contributed by atoms with E-state index in [1.807, 2.05) is 0 Å². The molecule has 1 saturated carbocycles. The van der Waals surface area contributed by atoms with Crippen molar-refractivity contribution in [2.75, 3.05) is 40.4 Å². The molecule has 1 fully saturated rings. The molecule has 0 unspecified atom stereocenters. The number of carboxylic acid groups (broad SMARTS) is 1. The van der Waals surface area contributed by atoms with Gasteiger partial charge in [0.2, 0.25) is 5.91 Å². The molecular weight excluding hydrogens is 266 g/mol. The Morgan fingerprint density at radius 1 is 1.30 bits per heavy atom. The van der Waals surface area contributed by atoms with E-state index in [1.165, 1.54) is 19.1 Å². The minimum absolute atomic E-state index is 0.0849. The molecule has 2 N–H and O–H groups in total. The summed E-state index contributed by atoms with van der Waals surface area (Å²) in [6.07, 6.45) is 1.95. The fourth-order valence-electron chi connectivity index (χ4n) is 1.63. The molecule has 1 aliphatic rings. The molecule has 1 aliphatic carbocycles. The van der Waals surface area contributed by atoms with Crippen LogP contribution in [-0.2, 0) is 14.3 Å². The Bertz CT molecular complexity index is 370. The van der Waals surface area contributed by atoms with Crippen molar-refractivity contribution in [3.8, 4) is 0 Å². The van der Waals surface area contributed by atoms with Crippen molar-refractivity contribution >= 4 is 17.9 Å². The smallest absolute Gasteiger partial charge is 0.323 e. The SMILES string of the molecule is COCCN(CC(=O)O)C(=O)N(C)CC(=O)NC1CC1. The molecule has 3 amide bonds.